The average Bonchev–Trinajstić information content (AvgIpc) is 2.76. The Morgan fingerprint density at radius 3 is 2.34 bits per heavy atom. The van der Waals surface area contributed by atoms with Gasteiger partial charge in [0.25, 0.3) is 0 Å². The van der Waals surface area contributed by atoms with E-state index in [1.807, 2.05) is 0 Å². The molecular weight excluding hydrogens is 520 g/mol. The van der Waals surface area contributed by atoms with Crippen LogP contribution in [0.25, 0.3) is 0 Å². The van der Waals surface area contributed by atoms with Crippen molar-refractivity contribution in [2.75, 3.05) is 6.61 Å². The number of hydrogen-bond acceptors (Lipinski definition) is 10. The Hall–Kier alpha value is -0.440. The van der Waals surface area contributed by atoms with Gasteiger partial charge in [-0.3, -0.25) is 9.09 Å². The van der Waals surface area contributed by atoms with Gasteiger partial charge in [-0.2, -0.15) is 8.62 Å². The third-order valence-electron chi connectivity index (χ3n) is 4.50. The van der Waals surface area contributed by atoms with Crippen LogP contribution in [0.15, 0.2) is 12.3 Å². The van der Waals surface area contributed by atoms with Crippen LogP contribution >= 0.6 is 35.7 Å². The number of phosphoric ester groups is 1. The molecule has 14 nitrogen and oxygen atoms in total. The number of aryl methyl sites for hydroxylation is 1. The van der Waals surface area contributed by atoms with E-state index in [-0.39, 0.29) is 11.2 Å². The maximum Gasteiger partial charge on any atom is 0.490 e. The van der Waals surface area contributed by atoms with Crippen LogP contribution in [-0.4, -0.2) is 52.3 Å². The number of aromatic nitrogens is 2. The number of phosphoric acid groups is 3. The Kier molecular flexibility index (Phi) is 8.09. The molecule has 2 heterocycles. The van der Waals surface area contributed by atoms with E-state index >= 15 is 4.39 Å². The zero-order valence-corrected chi connectivity index (χ0v) is 20.3. The number of nitrogens with zero attached hydrogens (tertiary/aromatic N) is 2. The molecule has 184 valence electrons. The van der Waals surface area contributed by atoms with Crippen LogP contribution in [-0.2, 0) is 31.6 Å². The van der Waals surface area contributed by atoms with Crippen molar-refractivity contribution in [3.8, 4) is 0 Å². The molecule has 6 unspecified atom stereocenters. The zero-order valence-electron chi connectivity index (χ0n) is 16.8. The summed E-state index contributed by atoms with van der Waals surface area (Å²) in [7, 11) is -17.0. The number of hydrogen-bond donors (Lipinski definition) is 5. The van der Waals surface area contributed by atoms with Gasteiger partial charge in [0.15, 0.2) is 6.23 Å². The molecule has 0 aliphatic carbocycles. The van der Waals surface area contributed by atoms with E-state index in [0.717, 1.165) is 0 Å². The Bertz CT molecular complexity index is 1060. The first-order chi connectivity index (χ1) is 14.3. The summed E-state index contributed by atoms with van der Waals surface area (Å²) in [5.74, 6) is -4.27. The van der Waals surface area contributed by atoms with Crippen LogP contribution in [0.2, 0.25) is 0 Å². The molecule has 0 spiro atoms. The summed E-state index contributed by atoms with van der Waals surface area (Å²) in [6, 6.07) is 1.53. The molecule has 1 saturated heterocycles. The lowest BCUT2D eigenvalue weighted by Gasteiger charge is -2.31. The van der Waals surface area contributed by atoms with Crippen molar-refractivity contribution in [2.24, 2.45) is 5.92 Å². The van der Waals surface area contributed by atoms with E-state index in [1.165, 1.54) is 30.7 Å². The number of ether oxygens (including phenoxy) is 1. The Morgan fingerprint density at radius 2 is 1.84 bits per heavy atom. The summed E-state index contributed by atoms with van der Waals surface area (Å²) in [6.45, 7) is 3.02. The van der Waals surface area contributed by atoms with Gasteiger partial charge in [0, 0.05) is 11.9 Å². The van der Waals surface area contributed by atoms with Gasteiger partial charge in [0.05, 0.1) is 5.92 Å². The minimum atomic E-state index is -5.78. The minimum Gasteiger partial charge on any atom is -0.385 e. The molecule has 32 heavy (non-hydrogen) atoms. The first kappa shape index (κ1) is 27.8. The van der Waals surface area contributed by atoms with E-state index in [2.05, 4.69) is 18.1 Å². The second-order valence-electron chi connectivity index (χ2n) is 7.07. The highest BCUT2D eigenvalue weighted by molar-refractivity contribution is 7.71. The maximum absolute atomic E-state index is 15.7. The van der Waals surface area contributed by atoms with Crippen LogP contribution in [0.3, 0.4) is 0 Å². The number of aliphatic hydroxyl groups is 1. The fourth-order valence-corrected chi connectivity index (χ4v) is 6.67. The van der Waals surface area contributed by atoms with Crippen molar-refractivity contribution >= 4 is 35.7 Å². The highest BCUT2D eigenvalue weighted by Gasteiger charge is 2.63. The van der Waals surface area contributed by atoms with Crippen LogP contribution in [0, 0.1) is 17.6 Å². The Labute approximate surface area is 186 Å². The fraction of sp³-hybridized carbons (Fsp3) is 0.692. The minimum absolute atomic E-state index is 0.0396. The Morgan fingerprint density at radius 1 is 1.25 bits per heavy atom. The molecule has 0 radical (unpaired) electrons. The van der Waals surface area contributed by atoms with Gasteiger partial charge in [0.1, 0.15) is 12.2 Å². The van der Waals surface area contributed by atoms with Crippen molar-refractivity contribution in [3.05, 3.63) is 22.7 Å². The molecule has 0 amide bonds. The second kappa shape index (κ2) is 9.31. The molecule has 6 atom stereocenters. The fourth-order valence-electron chi connectivity index (χ4n) is 3.34. The molecule has 0 aromatic carbocycles. The topological polar surface area (TPSA) is 207 Å². The molecule has 1 aliphatic rings. The molecule has 0 saturated carbocycles. The summed E-state index contributed by atoms with van der Waals surface area (Å²) in [5.41, 5.74) is -1.37. The molecule has 0 bridgehead atoms. The van der Waals surface area contributed by atoms with Gasteiger partial charge in [-0.1, -0.05) is 6.92 Å². The van der Waals surface area contributed by atoms with Crippen molar-refractivity contribution in [1.82, 2.24) is 9.55 Å². The van der Waals surface area contributed by atoms with Crippen LogP contribution in [0.4, 0.5) is 4.39 Å². The molecular formula is C13H22FN2O12P3S. The van der Waals surface area contributed by atoms with Gasteiger partial charge in [-0.25, -0.2) is 23.1 Å². The molecule has 19 heteroatoms. The number of rotatable bonds is 9. The summed E-state index contributed by atoms with van der Waals surface area (Å²) in [5, 5.41) is 11.0. The quantitative estimate of drug-likeness (QED) is 0.224. The van der Waals surface area contributed by atoms with Crippen LogP contribution < -0.4 is 0 Å². The first-order valence-electron chi connectivity index (χ1n) is 8.75. The van der Waals surface area contributed by atoms with Crippen molar-refractivity contribution in [1.29, 1.82) is 0 Å². The summed E-state index contributed by atoms with van der Waals surface area (Å²) < 4.78 is 67.7. The normalized spacial score (nSPS) is 32.4. The van der Waals surface area contributed by atoms with Gasteiger partial charge >= 0.3 is 23.5 Å². The predicted molar refractivity (Wildman–Crippen MR) is 106 cm³/mol. The maximum atomic E-state index is 15.7. The monoisotopic (exact) mass is 542 g/mol. The molecule has 1 fully saturated rings. The second-order valence-corrected chi connectivity index (χ2v) is 11.9. The predicted octanol–water partition coefficient (Wildman–Crippen LogP) is 2.24. The van der Waals surface area contributed by atoms with E-state index in [1.54, 1.807) is 6.92 Å². The standard InChI is InChI=1S/C13H22FN2O12P3S/c1-4-9-12(3,17)10(16-6-5-8(2)15-11(16)32)26-13(9,14)7-25-30(21,22)28-31(23,24)27-29(18,19)20/h5-6,9-10,17H,4,7H2,1-3H3,(H,21,22)(H,23,24)(H2,18,19,20). The average molecular weight is 542 g/mol. The van der Waals surface area contributed by atoms with Gasteiger partial charge in [-0.05, 0) is 38.6 Å². The summed E-state index contributed by atoms with van der Waals surface area (Å²) in [4.78, 5) is 39.9. The zero-order chi connectivity index (χ0) is 24.8. The van der Waals surface area contributed by atoms with Gasteiger partial charge in [0.2, 0.25) is 10.6 Å². The van der Waals surface area contributed by atoms with Crippen LogP contribution in [0.5, 0.6) is 0 Å². The van der Waals surface area contributed by atoms with Crippen LogP contribution in [0.1, 0.15) is 32.2 Å². The Balaban J connectivity index is 2.26. The van der Waals surface area contributed by atoms with E-state index < -0.39 is 53.7 Å². The molecule has 1 aliphatic heterocycles. The van der Waals surface area contributed by atoms with Gasteiger partial charge < -0.3 is 29.4 Å². The lowest BCUT2D eigenvalue weighted by molar-refractivity contribution is -0.193. The summed E-state index contributed by atoms with van der Waals surface area (Å²) in [6.07, 6.45) is -0.0701. The highest BCUT2D eigenvalue weighted by Crippen LogP contribution is 2.66. The van der Waals surface area contributed by atoms with E-state index in [9.17, 15) is 28.6 Å². The molecule has 5 N–H and O–H groups in total. The highest BCUT2D eigenvalue weighted by atomic mass is 32.1. The first-order valence-corrected chi connectivity index (χ1v) is 13.7. The largest absolute Gasteiger partial charge is 0.490 e. The summed E-state index contributed by atoms with van der Waals surface area (Å²) >= 11 is 5.12. The third-order valence-corrected chi connectivity index (χ3v) is 8.59. The molecule has 2 rings (SSSR count). The smallest absolute Gasteiger partial charge is 0.385 e. The van der Waals surface area contributed by atoms with Gasteiger partial charge in [-0.15, -0.1) is 0 Å². The number of halogens is 1. The van der Waals surface area contributed by atoms with Crippen molar-refractivity contribution < 1.29 is 60.6 Å². The third kappa shape index (κ3) is 6.57. The van der Waals surface area contributed by atoms with E-state index in [4.69, 9.17) is 26.7 Å². The van der Waals surface area contributed by atoms with Crippen molar-refractivity contribution in [2.45, 2.75) is 44.9 Å². The van der Waals surface area contributed by atoms with E-state index in [0.29, 0.717) is 5.69 Å². The lowest BCUT2D eigenvalue weighted by Crippen LogP contribution is -2.44. The number of alkyl halides is 1. The van der Waals surface area contributed by atoms with Crippen molar-refractivity contribution in [3.63, 3.8) is 0 Å². The SMILES string of the molecule is CCC1C(F)(COP(=O)(O)OP(=O)(O)OP(=O)(O)O)OC(n2ccc(C)nc2=S)C1(C)O. The lowest BCUT2D eigenvalue weighted by atomic mass is 9.83. The molecule has 1 aromatic heterocycles. The molecule has 1 aromatic rings.